The van der Waals surface area contributed by atoms with Gasteiger partial charge < -0.3 is 15.5 Å². The van der Waals surface area contributed by atoms with Gasteiger partial charge in [0.1, 0.15) is 0 Å². The lowest BCUT2D eigenvalue weighted by Gasteiger charge is -2.19. The minimum atomic E-state index is 0.209. The number of nitrogens with zero attached hydrogens (tertiary/aromatic N) is 2. The van der Waals surface area contributed by atoms with E-state index in [1.54, 1.807) is 0 Å². The molecule has 0 amide bonds. The van der Waals surface area contributed by atoms with E-state index in [9.17, 15) is 0 Å². The van der Waals surface area contributed by atoms with Crippen molar-refractivity contribution in [1.29, 1.82) is 5.41 Å². The highest BCUT2D eigenvalue weighted by atomic mass is 15.3. The molecular weight excluding hydrogens is 140 g/mol. The Balaban J connectivity index is 2.40. The molecule has 0 aromatic rings. The third-order valence-electron chi connectivity index (χ3n) is 2.06. The van der Waals surface area contributed by atoms with Gasteiger partial charge in [-0.05, 0) is 20.0 Å². The van der Waals surface area contributed by atoms with Crippen LogP contribution in [0, 0.1) is 5.41 Å². The lowest BCUT2D eigenvalue weighted by Crippen LogP contribution is -2.38. The quantitative estimate of drug-likeness (QED) is 0.368. The first-order valence-electron chi connectivity index (χ1n) is 3.97. The Hall–Kier alpha value is -0.770. The lowest BCUT2D eigenvalue weighted by atomic mass is 10.4. The van der Waals surface area contributed by atoms with Gasteiger partial charge in [0.15, 0.2) is 5.96 Å². The molecule has 0 atom stereocenters. The summed E-state index contributed by atoms with van der Waals surface area (Å²) in [5, 5.41) is 7.24. The van der Waals surface area contributed by atoms with Crippen molar-refractivity contribution in [1.82, 2.24) is 9.80 Å². The summed E-state index contributed by atoms with van der Waals surface area (Å²) < 4.78 is 0. The standard InChI is InChI=1S/C7H16N4/c1-10-3-2-4-11(6-5-10)7(8)9/h2-6H2,1H3,(H3,8,9). The second-order valence-electron chi connectivity index (χ2n) is 3.03. The van der Waals surface area contributed by atoms with Crippen LogP contribution in [-0.2, 0) is 0 Å². The Bertz CT molecular complexity index is 145. The van der Waals surface area contributed by atoms with Gasteiger partial charge in [0.05, 0.1) is 0 Å². The number of hydrogen-bond donors (Lipinski definition) is 2. The molecule has 0 bridgehead atoms. The van der Waals surface area contributed by atoms with Crippen LogP contribution in [0.5, 0.6) is 0 Å². The van der Waals surface area contributed by atoms with Crippen molar-refractivity contribution < 1.29 is 0 Å². The molecule has 1 saturated heterocycles. The van der Waals surface area contributed by atoms with E-state index in [0.717, 1.165) is 32.6 Å². The molecule has 0 saturated carbocycles. The van der Waals surface area contributed by atoms with Crippen molar-refractivity contribution >= 4 is 5.96 Å². The summed E-state index contributed by atoms with van der Waals surface area (Å²) in [5.74, 6) is 0.209. The van der Waals surface area contributed by atoms with E-state index in [0.29, 0.717) is 0 Å². The van der Waals surface area contributed by atoms with E-state index in [-0.39, 0.29) is 5.96 Å². The highest BCUT2D eigenvalue weighted by molar-refractivity contribution is 5.74. The van der Waals surface area contributed by atoms with Crippen LogP contribution >= 0.6 is 0 Å². The fraction of sp³-hybridized carbons (Fsp3) is 0.857. The van der Waals surface area contributed by atoms with E-state index >= 15 is 0 Å². The number of guanidine groups is 1. The minimum Gasteiger partial charge on any atom is -0.370 e. The Labute approximate surface area is 67.5 Å². The van der Waals surface area contributed by atoms with Crippen molar-refractivity contribution in [3.05, 3.63) is 0 Å². The zero-order chi connectivity index (χ0) is 8.27. The Morgan fingerprint density at radius 1 is 1.27 bits per heavy atom. The maximum atomic E-state index is 7.24. The van der Waals surface area contributed by atoms with Crippen LogP contribution in [0.2, 0.25) is 0 Å². The average molecular weight is 156 g/mol. The van der Waals surface area contributed by atoms with E-state index in [4.69, 9.17) is 11.1 Å². The van der Waals surface area contributed by atoms with Gasteiger partial charge in [-0.2, -0.15) is 0 Å². The molecule has 3 N–H and O–H groups in total. The number of hydrogen-bond acceptors (Lipinski definition) is 2. The Kier molecular flexibility index (Phi) is 2.70. The zero-order valence-electron chi connectivity index (χ0n) is 7.01. The maximum Gasteiger partial charge on any atom is 0.188 e. The Morgan fingerprint density at radius 3 is 2.64 bits per heavy atom. The first-order valence-corrected chi connectivity index (χ1v) is 3.97. The second kappa shape index (κ2) is 3.57. The number of rotatable bonds is 0. The molecule has 1 heterocycles. The van der Waals surface area contributed by atoms with E-state index < -0.39 is 0 Å². The van der Waals surface area contributed by atoms with E-state index in [1.165, 1.54) is 0 Å². The molecular formula is C7H16N4. The van der Waals surface area contributed by atoms with Crippen LogP contribution in [-0.4, -0.2) is 49.0 Å². The number of likely N-dealkylation sites (N-methyl/N-ethyl adjacent to an activating group) is 1. The molecule has 1 aliphatic rings. The highest BCUT2D eigenvalue weighted by Crippen LogP contribution is 1.98. The third kappa shape index (κ3) is 2.38. The molecule has 4 heteroatoms. The van der Waals surface area contributed by atoms with Crippen molar-refractivity contribution in [3.8, 4) is 0 Å². The first kappa shape index (κ1) is 8.33. The van der Waals surface area contributed by atoms with Crippen LogP contribution in [0.4, 0.5) is 0 Å². The van der Waals surface area contributed by atoms with Gasteiger partial charge in [-0.1, -0.05) is 0 Å². The second-order valence-corrected chi connectivity index (χ2v) is 3.03. The summed E-state index contributed by atoms with van der Waals surface area (Å²) in [5.41, 5.74) is 5.37. The van der Waals surface area contributed by atoms with E-state index in [1.807, 2.05) is 4.90 Å². The first-order chi connectivity index (χ1) is 5.20. The molecule has 0 aromatic carbocycles. The zero-order valence-corrected chi connectivity index (χ0v) is 7.01. The van der Waals surface area contributed by atoms with Crippen LogP contribution in [0.3, 0.4) is 0 Å². The molecule has 11 heavy (non-hydrogen) atoms. The Morgan fingerprint density at radius 2 is 2.00 bits per heavy atom. The summed E-state index contributed by atoms with van der Waals surface area (Å²) >= 11 is 0. The monoisotopic (exact) mass is 156 g/mol. The molecule has 64 valence electrons. The summed E-state index contributed by atoms with van der Waals surface area (Å²) in [6.45, 7) is 3.95. The minimum absolute atomic E-state index is 0.209. The van der Waals surface area contributed by atoms with Crippen LogP contribution in [0.1, 0.15) is 6.42 Å². The largest absolute Gasteiger partial charge is 0.370 e. The molecule has 0 radical (unpaired) electrons. The van der Waals surface area contributed by atoms with Gasteiger partial charge in [-0.25, -0.2) is 0 Å². The van der Waals surface area contributed by atoms with Gasteiger partial charge in [-0.3, -0.25) is 5.41 Å². The highest BCUT2D eigenvalue weighted by Gasteiger charge is 2.11. The van der Waals surface area contributed by atoms with Gasteiger partial charge in [0, 0.05) is 19.6 Å². The molecule has 1 aliphatic heterocycles. The van der Waals surface area contributed by atoms with Crippen molar-refractivity contribution in [2.45, 2.75) is 6.42 Å². The predicted molar refractivity (Wildman–Crippen MR) is 45.6 cm³/mol. The topological polar surface area (TPSA) is 56.4 Å². The molecule has 0 aromatic heterocycles. The van der Waals surface area contributed by atoms with Crippen molar-refractivity contribution in [3.63, 3.8) is 0 Å². The van der Waals surface area contributed by atoms with Gasteiger partial charge >= 0.3 is 0 Å². The van der Waals surface area contributed by atoms with Gasteiger partial charge in [-0.15, -0.1) is 0 Å². The molecule has 1 fully saturated rings. The average Bonchev–Trinajstić information content (AvgIpc) is 2.13. The lowest BCUT2D eigenvalue weighted by molar-refractivity contribution is 0.345. The summed E-state index contributed by atoms with van der Waals surface area (Å²) in [6, 6.07) is 0. The van der Waals surface area contributed by atoms with Crippen molar-refractivity contribution in [2.75, 3.05) is 33.2 Å². The fourth-order valence-corrected chi connectivity index (χ4v) is 1.29. The molecule has 0 aliphatic carbocycles. The number of nitrogens with two attached hydrogens (primary N) is 1. The predicted octanol–water partition coefficient (Wildman–Crippen LogP) is -0.483. The van der Waals surface area contributed by atoms with Gasteiger partial charge in [0.25, 0.3) is 0 Å². The summed E-state index contributed by atoms with van der Waals surface area (Å²) in [6.07, 6.45) is 1.11. The maximum absolute atomic E-state index is 7.24. The van der Waals surface area contributed by atoms with Crippen LogP contribution < -0.4 is 5.73 Å². The molecule has 0 unspecified atom stereocenters. The smallest absolute Gasteiger partial charge is 0.188 e. The fourth-order valence-electron chi connectivity index (χ4n) is 1.29. The summed E-state index contributed by atoms with van der Waals surface area (Å²) in [7, 11) is 2.10. The van der Waals surface area contributed by atoms with Crippen molar-refractivity contribution in [2.24, 2.45) is 5.73 Å². The van der Waals surface area contributed by atoms with Gasteiger partial charge in [0.2, 0.25) is 0 Å². The van der Waals surface area contributed by atoms with Crippen LogP contribution in [0.25, 0.3) is 0 Å². The van der Waals surface area contributed by atoms with Crippen LogP contribution in [0.15, 0.2) is 0 Å². The normalized spacial score (nSPS) is 21.4. The molecule has 1 rings (SSSR count). The summed E-state index contributed by atoms with van der Waals surface area (Å²) in [4.78, 5) is 4.19. The SMILES string of the molecule is CN1CCCN(C(=N)N)CC1. The number of nitrogens with one attached hydrogen (secondary N) is 1. The third-order valence-corrected chi connectivity index (χ3v) is 2.06. The van der Waals surface area contributed by atoms with E-state index in [2.05, 4.69) is 11.9 Å². The molecule has 4 nitrogen and oxygen atoms in total. The molecule has 0 spiro atoms.